The van der Waals surface area contributed by atoms with Gasteiger partial charge in [0, 0.05) is 6.54 Å². The molecule has 0 spiro atoms. The summed E-state index contributed by atoms with van der Waals surface area (Å²) in [5.41, 5.74) is 2.00. The topological polar surface area (TPSA) is 181 Å². The van der Waals surface area contributed by atoms with Gasteiger partial charge in [-0.05, 0) is 0 Å². The van der Waals surface area contributed by atoms with E-state index in [1.54, 1.807) is 0 Å². The van der Waals surface area contributed by atoms with E-state index in [0.717, 1.165) is 0 Å². The van der Waals surface area contributed by atoms with Crippen molar-refractivity contribution in [3.63, 3.8) is 0 Å². The van der Waals surface area contributed by atoms with Crippen LogP contribution in [0, 0.1) is 0 Å². The minimum absolute atomic E-state index is 0. The van der Waals surface area contributed by atoms with Crippen LogP contribution in [0.4, 0.5) is 0 Å². The van der Waals surface area contributed by atoms with E-state index < -0.39 is 52.2 Å². The number of hydrogen-bond donors (Lipinski definition) is 4. The summed E-state index contributed by atoms with van der Waals surface area (Å²) in [6.45, 7) is -0.325. The van der Waals surface area contributed by atoms with Gasteiger partial charge in [0.05, 0.1) is 18.6 Å². The third kappa shape index (κ3) is 7.77. The molecule has 1 unspecified atom stereocenters. The van der Waals surface area contributed by atoms with Gasteiger partial charge in [0.2, 0.25) is 0 Å². The number of carbonyl (C=O) groups excluding carboxylic acids is 1. The van der Waals surface area contributed by atoms with Crippen molar-refractivity contribution >= 4 is 57.6 Å². The third-order valence-corrected chi connectivity index (χ3v) is 3.04. The number of aliphatic hydroxyl groups is 1. The van der Waals surface area contributed by atoms with Crippen molar-refractivity contribution < 1.29 is 42.3 Å². The number of carboxylic acids is 2. The molecule has 5 N–H and O–H groups in total. The molecule has 12 heteroatoms. The fourth-order valence-corrected chi connectivity index (χ4v) is 1.77. The van der Waals surface area contributed by atoms with Crippen LogP contribution < -0.4 is 5.73 Å². The molecule has 0 saturated carbocycles. The SMILES string of the molecule is NCCS(=O)(=O)OC(=O)CC(O)(CC(=O)O)C(=O)O.[NaH]. The summed E-state index contributed by atoms with van der Waals surface area (Å²) >= 11 is 0. The van der Waals surface area contributed by atoms with Crippen LogP contribution in [-0.2, 0) is 28.7 Å². The summed E-state index contributed by atoms with van der Waals surface area (Å²) in [4.78, 5) is 32.2. The van der Waals surface area contributed by atoms with E-state index in [9.17, 15) is 27.9 Å². The summed E-state index contributed by atoms with van der Waals surface area (Å²) in [6, 6.07) is 0. The van der Waals surface area contributed by atoms with E-state index in [0.29, 0.717) is 0 Å². The van der Waals surface area contributed by atoms with Crippen molar-refractivity contribution in [1.82, 2.24) is 0 Å². The van der Waals surface area contributed by atoms with Crippen LogP contribution in [0.25, 0.3) is 0 Å². The van der Waals surface area contributed by atoms with Crippen molar-refractivity contribution in [2.45, 2.75) is 18.4 Å². The molecule has 0 rings (SSSR count). The van der Waals surface area contributed by atoms with E-state index in [2.05, 4.69) is 4.18 Å². The number of aliphatic carboxylic acids is 2. The monoisotopic (exact) mass is 323 g/mol. The fourth-order valence-electron chi connectivity index (χ4n) is 1.06. The van der Waals surface area contributed by atoms with Gasteiger partial charge in [0.25, 0.3) is 0 Å². The fraction of sp³-hybridized carbons (Fsp3) is 0.625. The van der Waals surface area contributed by atoms with Gasteiger partial charge < -0.3 is 25.2 Å². The molecule has 0 fully saturated rings. The van der Waals surface area contributed by atoms with Crippen LogP contribution in [0.2, 0.25) is 0 Å². The standard InChI is InChI=1S/C8H13NO9S.Na.H/c9-1-2-19(16,17)18-6(12)4-8(15,7(13)14)3-5(10)11;;/h15H,1-4,9H2,(H,10,11)(H,13,14);;. The van der Waals surface area contributed by atoms with Gasteiger partial charge in [-0.2, -0.15) is 8.42 Å². The molecule has 0 aliphatic heterocycles. The molecule has 0 saturated heterocycles. The molecule has 0 radical (unpaired) electrons. The van der Waals surface area contributed by atoms with Crippen molar-refractivity contribution in [2.75, 3.05) is 12.3 Å². The normalized spacial score (nSPS) is 13.7. The zero-order valence-electron chi connectivity index (χ0n) is 9.61. The van der Waals surface area contributed by atoms with Gasteiger partial charge in [0.15, 0.2) is 5.60 Å². The predicted molar refractivity (Wildman–Crippen MR) is 65.5 cm³/mol. The molecule has 0 aromatic carbocycles. The summed E-state index contributed by atoms with van der Waals surface area (Å²) in [5.74, 6) is -5.92. The third-order valence-electron chi connectivity index (χ3n) is 1.87. The molecule has 112 valence electrons. The van der Waals surface area contributed by atoms with Crippen molar-refractivity contribution in [2.24, 2.45) is 5.73 Å². The minimum atomic E-state index is -4.28. The zero-order valence-corrected chi connectivity index (χ0v) is 10.4. The first-order valence-electron chi connectivity index (χ1n) is 4.85. The molecular weight excluding hydrogens is 309 g/mol. The first-order chi connectivity index (χ1) is 8.52. The maximum absolute atomic E-state index is 11.2. The molecule has 0 amide bonds. The Morgan fingerprint density at radius 2 is 1.65 bits per heavy atom. The number of rotatable bonds is 8. The first kappa shape index (κ1) is 21.6. The van der Waals surface area contributed by atoms with Gasteiger partial charge in [0.1, 0.15) is 0 Å². The quantitative estimate of drug-likeness (QED) is 0.263. The average Bonchev–Trinajstić information content (AvgIpc) is 2.13. The molecule has 1 atom stereocenters. The summed E-state index contributed by atoms with van der Waals surface area (Å²) in [7, 11) is -4.28. The van der Waals surface area contributed by atoms with Gasteiger partial charge in [-0.3, -0.25) is 9.59 Å². The summed E-state index contributed by atoms with van der Waals surface area (Å²) in [6.07, 6.45) is -2.60. The van der Waals surface area contributed by atoms with Crippen LogP contribution in [0.5, 0.6) is 0 Å². The maximum atomic E-state index is 11.2. The van der Waals surface area contributed by atoms with Crippen LogP contribution in [0.3, 0.4) is 0 Å². The molecule has 20 heavy (non-hydrogen) atoms. The van der Waals surface area contributed by atoms with Gasteiger partial charge in [-0.15, -0.1) is 0 Å². The van der Waals surface area contributed by atoms with E-state index in [1.807, 2.05) is 0 Å². The molecule has 10 nitrogen and oxygen atoms in total. The number of carboxylic acid groups (broad SMARTS) is 2. The molecule has 0 heterocycles. The van der Waals surface area contributed by atoms with Crippen LogP contribution >= 0.6 is 0 Å². The number of nitrogens with two attached hydrogens (primary N) is 1. The van der Waals surface area contributed by atoms with E-state index in [-0.39, 0.29) is 36.1 Å². The molecule has 0 aromatic rings. The molecule has 0 aliphatic rings. The van der Waals surface area contributed by atoms with Crippen LogP contribution in [-0.4, -0.2) is 89.1 Å². The predicted octanol–water partition coefficient (Wildman–Crippen LogP) is -3.15. The Bertz CT molecular complexity index is 476. The Morgan fingerprint density at radius 1 is 1.15 bits per heavy atom. The molecule has 0 aromatic heterocycles. The Kier molecular flexibility index (Phi) is 9.21. The Hall–Kier alpha value is -0.720. The van der Waals surface area contributed by atoms with Crippen molar-refractivity contribution in [1.29, 1.82) is 0 Å². The zero-order chi connectivity index (χ0) is 15.3. The number of hydrogen-bond acceptors (Lipinski definition) is 8. The molecule has 0 aliphatic carbocycles. The number of carbonyl (C=O) groups is 3. The second-order valence-corrected chi connectivity index (χ2v) is 5.28. The Morgan fingerprint density at radius 3 is 2.00 bits per heavy atom. The van der Waals surface area contributed by atoms with Crippen LogP contribution in [0.1, 0.15) is 12.8 Å². The van der Waals surface area contributed by atoms with Crippen molar-refractivity contribution in [3.8, 4) is 0 Å². The van der Waals surface area contributed by atoms with E-state index >= 15 is 0 Å². The van der Waals surface area contributed by atoms with Gasteiger partial charge in [-0.25, -0.2) is 4.79 Å². The first-order valence-corrected chi connectivity index (χ1v) is 6.43. The molecular formula is C8H14NNaO9S. The molecule has 0 bridgehead atoms. The van der Waals surface area contributed by atoms with E-state index in [4.69, 9.17) is 15.9 Å². The average molecular weight is 323 g/mol. The summed E-state index contributed by atoms with van der Waals surface area (Å²) in [5, 5.41) is 26.5. The van der Waals surface area contributed by atoms with Crippen molar-refractivity contribution in [3.05, 3.63) is 0 Å². The Labute approximate surface area is 136 Å². The summed E-state index contributed by atoms with van der Waals surface area (Å²) < 4.78 is 26.0. The van der Waals surface area contributed by atoms with Gasteiger partial charge in [-0.1, -0.05) is 0 Å². The van der Waals surface area contributed by atoms with Crippen LogP contribution in [0.15, 0.2) is 0 Å². The second kappa shape index (κ2) is 8.54. The Balaban J connectivity index is 0. The van der Waals surface area contributed by atoms with E-state index in [1.165, 1.54) is 0 Å². The second-order valence-electron chi connectivity index (χ2n) is 3.59. The van der Waals surface area contributed by atoms with Gasteiger partial charge >= 0.3 is 57.6 Å².